The predicted molar refractivity (Wildman–Crippen MR) is 63.6 cm³/mol. The lowest BCUT2D eigenvalue weighted by molar-refractivity contribution is 0.829. The molecule has 0 bridgehead atoms. The van der Waals surface area contributed by atoms with E-state index < -0.39 is 0 Å². The van der Waals surface area contributed by atoms with Crippen molar-refractivity contribution in [2.75, 3.05) is 0 Å². The minimum Gasteiger partial charge on any atom is -0.222 e. The number of fused-ring (bicyclic) bond motifs is 1. The highest BCUT2D eigenvalue weighted by molar-refractivity contribution is 6.31. The minimum atomic E-state index is 0.286. The van der Waals surface area contributed by atoms with Gasteiger partial charge in [-0.05, 0) is 35.7 Å². The van der Waals surface area contributed by atoms with Gasteiger partial charge in [0.15, 0.2) is 0 Å². The summed E-state index contributed by atoms with van der Waals surface area (Å²) in [5, 5.41) is 1.95. The number of hydrogen-bond acceptors (Lipinski definition) is 2. The van der Waals surface area contributed by atoms with Crippen LogP contribution in [0.2, 0.25) is 10.3 Å². The first-order valence-corrected chi connectivity index (χ1v) is 5.46. The first kappa shape index (κ1) is 10.7. The lowest BCUT2D eigenvalue weighted by atomic mass is 10.1. The molecule has 0 fully saturated rings. The second-order valence-electron chi connectivity index (χ2n) is 3.69. The highest BCUT2D eigenvalue weighted by Crippen LogP contribution is 2.26. The third kappa shape index (κ3) is 2.06. The average molecular weight is 241 g/mol. The number of hydrogen-bond donors (Lipinski definition) is 0. The Morgan fingerprint density at radius 3 is 2.53 bits per heavy atom. The first-order chi connectivity index (χ1) is 7.08. The number of nitrogens with zero attached hydrogens (tertiary/aromatic N) is 2. The molecule has 1 heterocycles. The molecule has 0 unspecified atom stereocenters. The van der Waals surface area contributed by atoms with Crippen molar-refractivity contribution in [3.8, 4) is 0 Å². The van der Waals surface area contributed by atoms with Gasteiger partial charge in [0, 0.05) is 10.4 Å². The van der Waals surface area contributed by atoms with Crippen molar-refractivity contribution in [1.82, 2.24) is 9.97 Å². The third-order valence-electron chi connectivity index (χ3n) is 2.21. The number of halogens is 2. The Kier molecular flexibility index (Phi) is 2.81. The summed E-state index contributed by atoms with van der Waals surface area (Å²) >= 11 is 11.8. The van der Waals surface area contributed by atoms with Gasteiger partial charge in [-0.1, -0.05) is 25.4 Å². The molecule has 0 aliphatic rings. The molecule has 1 aromatic heterocycles. The van der Waals surface area contributed by atoms with Gasteiger partial charge in [0.05, 0.1) is 11.2 Å². The van der Waals surface area contributed by atoms with Crippen molar-refractivity contribution in [3.05, 3.63) is 34.2 Å². The standard InChI is InChI=1S/C11H10Cl2N2/c1-6(2)10-8-5-7(12)3-4-9(8)14-11(13)15-10/h3-6H,1-2H3. The summed E-state index contributed by atoms with van der Waals surface area (Å²) in [4.78, 5) is 8.39. The van der Waals surface area contributed by atoms with Crippen molar-refractivity contribution in [2.45, 2.75) is 19.8 Å². The van der Waals surface area contributed by atoms with Crippen LogP contribution in [0.15, 0.2) is 18.2 Å². The van der Waals surface area contributed by atoms with Gasteiger partial charge in [0.25, 0.3) is 0 Å². The normalized spacial score (nSPS) is 11.3. The van der Waals surface area contributed by atoms with Crippen molar-refractivity contribution in [2.24, 2.45) is 0 Å². The topological polar surface area (TPSA) is 25.8 Å². The van der Waals surface area contributed by atoms with E-state index in [-0.39, 0.29) is 5.28 Å². The molecular weight excluding hydrogens is 231 g/mol. The average Bonchev–Trinajstić information content (AvgIpc) is 2.17. The van der Waals surface area contributed by atoms with Gasteiger partial charge in [-0.25, -0.2) is 9.97 Å². The Morgan fingerprint density at radius 2 is 1.87 bits per heavy atom. The number of aromatic nitrogens is 2. The Hall–Kier alpha value is -0.860. The third-order valence-corrected chi connectivity index (χ3v) is 2.61. The Labute approximate surface area is 98.3 Å². The molecule has 2 rings (SSSR count). The van der Waals surface area contributed by atoms with Gasteiger partial charge in [0.2, 0.25) is 5.28 Å². The van der Waals surface area contributed by atoms with E-state index >= 15 is 0 Å². The molecular formula is C11H10Cl2N2. The van der Waals surface area contributed by atoms with Crippen LogP contribution in [0.1, 0.15) is 25.5 Å². The summed E-state index contributed by atoms with van der Waals surface area (Å²) in [6.45, 7) is 4.14. The van der Waals surface area contributed by atoms with Crippen LogP contribution in [0, 0.1) is 0 Å². The quantitative estimate of drug-likeness (QED) is 0.703. The van der Waals surface area contributed by atoms with Crippen molar-refractivity contribution < 1.29 is 0 Å². The summed E-state index contributed by atoms with van der Waals surface area (Å²) in [5.41, 5.74) is 1.77. The SMILES string of the molecule is CC(C)c1nc(Cl)nc2ccc(Cl)cc12. The van der Waals surface area contributed by atoms with E-state index in [4.69, 9.17) is 23.2 Å². The minimum absolute atomic E-state index is 0.286. The van der Waals surface area contributed by atoms with E-state index in [1.807, 2.05) is 12.1 Å². The van der Waals surface area contributed by atoms with E-state index in [2.05, 4.69) is 23.8 Å². The first-order valence-electron chi connectivity index (χ1n) is 4.70. The van der Waals surface area contributed by atoms with E-state index in [1.165, 1.54) is 0 Å². The molecule has 0 amide bonds. The van der Waals surface area contributed by atoms with Gasteiger partial charge in [-0.15, -0.1) is 0 Å². The monoisotopic (exact) mass is 240 g/mol. The van der Waals surface area contributed by atoms with Gasteiger partial charge in [-0.3, -0.25) is 0 Å². The fourth-order valence-corrected chi connectivity index (χ4v) is 1.89. The molecule has 0 N–H and O–H groups in total. The summed E-state index contributed by atoms with van der Waals surface area (Å²) in [5.74, 6) is 0.298. The molecule has 4 heteroatoms. The zero-order chi connectivity index (χ0) is 11.0. The smallest absolute Gasteiger partial charge is 0.222 e. The summed E-state index contributed by atoms with van der Waals surface area (Å²) < 4.78 is 0. The molecule has 0 spiro atoms. The van der Waals surface area contributed by atoms with Gasteiger partial charge < -0.3 is 0 Å². The van der Waals surface area contributed by atoms with Crippen LogP contribution in [-0.2, 0) is 0 Å². The molecule has 2 nitrogen and oxygen atoms in total. The van der Waals surface area contributed by atoms with Gasteiger partial charge in [-0.2, -0.15) is 0 Å². The van der Waals surface area contributed by atoms with E-state index in [0.717, 1.165) is 16.6 Å². The predicted octanol–water partition coefficient (Wildman–Crippen LogP) is 4.06. The van der Waals surface area contributed by atoms with Crippen molar-refractivity contribution >= 4 is 34.1 Å². The fraction of sp³-hybridized carbons (Fsp3) is 0.273. The maximum absolute atomic E-state index is 5.95. The Morgan fingerprint density at radius 1 is 1.13 bits per heavy atom. The molecule has 15 heavy (non-hydrogen) atoms. The highest BCUT2D eigenvalue weighted by atomic mass is 35.5. The van der Waals surface area contributed by atoms with Gasteiger partial charge in [0.1, 0.15) is 0 Å². The molecule has 0 atom stereocenters. The van der Waals surface area contributed by atoms with E-state index in [9.17, 15) is 0 Å². The van der Waals surface area contributed by atoms with Crippen LogP contribution in [0.3, 0.4) is 0 Å². The van der Waals surface area contributed by atoms with E-state index in [1.54, 1.807) is 6.07 Å². The molecule has 0 saturated carbocycles. The molecule has 2 aromatic rings. The lowest BCUT2D eigenvalue weighted by Gasteiger charge is -2.08. The Balaban J connectivity index is 2.81. The van der Waals surface area contributed by atoms with Crippen molar-refractivity contribution in [3.63, 3.8) is 0 Å². The molecule has 1 aromatic carbocycles. The van der Waals surface area contributed by atoms with Crippen molar-refractivity contribution in [1.29, 1.82) is 0 Å². The fourth-order valence-electron chi connectivity index (χ4n) is 1.54. The van der Waals surface area contributed by atoms with Crippen LogP contribution in [-0.4, -0.2) is 9.97 Å². The maximum Gasteiger partial charge on any atom is 0.223 e. The zero-order valence-electron chi connectivity index (χ0n) is 8.46. The number of rotatable bonds is 1. The van der Waals surface area contributed by atoms with Crippen LogP contribution in [0.4, 0.5) is 0 Å². The molecule has 78 valence electrons. The number of benzene rings is 1. The summed E-state index contributed by atoms with van der Waals surface area (Å²) in [6, 6.07) is 5.54. The van der Waals surface area contributed by atoms with Crippen LogP contribution >= 0.6 is 23.2 Å². The van der Waals surface area contributed by atoms with E-state index in [0.29, 0.717) is 10.9 Å². The van der Waals surface area contributed by atoms with Crippen LogP contribution in [0.25, 0.3) is 10.9 Å². The molecule has 0 radical (unpaired) electrons. The zero-order valence-corrected chi connectivity index (χ0v) is 9.97. The Bertz CT molecular complexity index is 509. The molecule has 0 aliphatic heterocycles. The largest absolute Gasteiger partial charge is 0.223 e. The second-order valence-corrected chi connectivity index (χ2v) is 4.47. The molecule has 0 aliphatic carbocycles. The summed E-state index contributed by atoms with van der Waals surface area (Å²) in [7, 11) is 0. The maximum atomic E-state index is 5.95. The highest BCUT2D eigenvalue weighted by Gasteiger charge is 2.10. The molecule has 0 saturated heterocycles. The van der Waals surface area contributed by atoms with Gasteiger partial charge >= 0.3 is 0 Å². The van der Waals surface area contributed by atoms with Crippen LogP contribution in [0.5, 0.6) is 0 Å². The lowest BCUT2D eigenvalue weighted by Crippen LogP contribution is -1.97. The summed E-state index contributed by atoms with van der Waals surface area (Å²) in [6.07, 6.45) is 0. The van der Waals surface area contributed by atoms with Crippen LogP contribution < -0.4 is 0 Å². The second kappa shape index (κ2) is 3.95.